The van der Waals surface area contributed by atoms with Crippen molar-refractivity contribution in [1.29, 1.82) is 0 Å². The summed E-state index contributed by atoms with van der Waals surface area (Å²) in [6.45, 7) is 5.26. The lowest BCUT2D eigenvalue weighted by Crippen LogP contribution is -2.54. The number of anilines is 3. The zero-order chi connectivity index (χ0) is 39.1. The van der Waals surface area contributed by atoms with E-state index in [0.29, 0.717) is 69.4 Å². The van der Waals surface area contributed by atoms with Crippen LogP contribution in [0.2, 0.25) is 0 Å². The number of hydrogen-bond donors (Lipinski definition) is 2. The van der Waals surface area contributed by atoms with Gasteiger partial charge in [-0.15, -0.1) is 0 Å². The maximum absolute atomic E-state index is 13.6. The Labute approximate surface area is 323 Å². The van der Waals surface area contributed by atoms with Crippen molar-refractivity contribution >= 4 is 58.5 Å². The van der Waals surface area contributed by atoms with E-state index >= 15 is 0 Å². The SMILES string of the molecule is Cn1cccc1C(=O)N1CCN(C(=O)Nc2ccc(N3CCC(C(=O)N4CCN(c5cccc6c5C(=O)N(C5CCC(=O)NC5=O)C6=O)CC4)CC3)cc2)CC1. The van der Waals surface area contributed by atoms with Crippen LogP contribution < -0.4 is 20.4 Å². The van der Waals surface area contributed by atoms with E-state index in [0.717, 1.165) is 36.5 Å². The minimum atomic E-state index is -1.03. The second-order valence-electron chi connectivity index (χ2n) is 15.0. The molecule has 292 valence electrons. The van der Waals surface area contributed by atoms with E-state index in [1.807, 2.05) is 53.4 Å². The van der Waals surface area contributed by atoms with Gasteiger partial charge in [-0.25, -0.2) is 4.79 Å². The van der Waals surface area contributed by atoms with Crippen LogP contribution >= 0.6 is 0 Å². The van der Waals surface area contributed by atoms with Gasteiger partial charge in [0.15, 0.2) is 0 Å². The number of fused-ring (bicyclic) bond motifs is 1. The van der Waals surface area contributed by atoms with Crippen LogP contribution in [0.25, 0.3) is 0 Å². The third kappa shape index (κ3) is 6.95. The number of rotatable bonds is 6. The highest BCUT2D eigenvalue weighted by atomic mass is 16.2. The molecule has 16 heteroatoms. The Morgan fingerprint density at radius 3 is 2.04 bits per heavy atom. The van der Waals surface area contributed by atoms with Crippen LogP contribution in [-0.2, 0) is 21.4 Å². The van der Waals surface area contributed by atoms with E-state index in [1.54, 1.807) is 38.6 Å². The number of benzene rings is 2. The predicted octanol–water partition coefficient (Wildman–Crippen LogP) is 1.98. The lowest BCUT2D eigenvalue weighted by atomic mass is 9.94. The van der Waals surface area contributed by atoms with Gasteiger partial charge in [-0.05, 0) is 67.8 Å². The standard InChI is InChI=1S/C40H45N9O7/c1-43-15-3-6-32(43)38(54)47-22-24-48(25-23-47)40(56)41-27-7-9-28(10-8-27)44-16-13-26(14-17-44)36(52)46-20-18-45(19-21-46)30-5-2-4-29-34(30)39(55)49(37(29)53)31-11-12-33(50)42-35(31)51/h2-10,15,26,31H,11-14,16-25H2,1H3,(H,41,56)(H,42,50,51). The Morgan fingerprint density at radius 1 is 0.696 bits per heavy atom. The molecule has 6 heterocycles. The summed E-state index contributed by atoms with van der Waals surface area (Å²) in [6, 6.07) is 15.3. The second-order valence-corrected chi connectivity index (χ2v) is 15.0. The van der Waals surface area contributed by atoms with Crippen LogP contribution in [-0.4, -0.2) is 137 Å². The van der Waals surface area contributed by atoms with Crippen LogP contribution in [0.5, 0.6) is 0 Å². The van der Waals surface area contributed by atoms with Gasteiger partial charge in [-0.1, -0.05) is 6.07 Å². The number of carbonyl (C=O) groups is 7. The summed E-state index contributed by atoms with van der Waals surface area (Å²) in [5.74, 6) is -2.14. The molecule has 3 aromatic rings. The average molecular weight is 764 g/mol. The molecule has 8 rings (SSSR count). The number of nitrogens with one attached hydrogen (secondary N) is 2. The quantitative estimate of drug-likeness (QED) is 0.357. The van der Waals surface area contributed by atoms with Crippen LogP contribution in [0, 0.1) is 5.92 Å². The topological polar surface area (TPSA) is 168 Å². The van der Waals surface area contributed by atoms with Gasteiger partial charge < -0.3 is 34.4 Å². The molecule has 5 aliphatic heterocycles. The van der Waals surface area contributed by atoms with Gasteiger partial charge in [0.2, 0.25) is 17.7 Å². The number of amides is 8. The molecule has 1 aromatic heterocycles. The lowest BCUT2D eigenvalue weighted by molar-refractivity contribution is -0.137. The third-order valence-corrected chi connectivity index (χ3v) is 11.7. The minimum absolute atomic E-state index is 0.0325. The number of carbonyl (C=O) groups excluding carboxylic acids is 7. The van der Waals surface area contributed by atoms with Crippen molar-refractivity contribution in [3.8, 4) is 0 Å². The lowest BCUT2D eigenvalue weighted by Gasteiger charge is -2.40. The van der Waals surface area contributed by atoms with Crippen LogP contribution in [0.4, 0.5) is 21.9 Å². The fourth-order valence-electron chi connectivity index (χ4n) is 8.49. The molecule has 0 spiro atoms. The molecule has 8 amide bonds. The number of hydrogen-bond acceptors (Lipinski definition) is 9. The minimum Gasteiger partial charge on any atom is -0.371 e. The molecule has 0 bridgehead atoms. The van der Waals surface area contributed by atoms with Gasteiger partial charge in [0, 0.05) is 102 Å². The predicted molar refractivity (Wildman–Crippen MR) is 205 cm³/mol. The van der Waals surface area contributed by atoms with Gasteiger partial charge in [-0.3, -0.25) is 39.0 Å². The van der Waals surface area contributed by atoms with Gasteiger partial charge in [0.05, 0.1) is 16.8 Å². The number of piperazine rings is 2. The summed E-state index contributed by atoms with van der Waals surface area (Å²) in [6.07, 6.45) is 3.43. The number of aromatic nitrogens is 1. The molecule has 4 fully saturated rings. The maximum Gasteiger partial charge on any atom is 0.321 e. The smallest absolute Gasteiger partial charge is 0.321 e. The Kier molecular flexibility index (Phi) is 9.95. The van der Waals surface area contributed by atoms with E-state index < -0.39 is 29.7 Å². The van der Waals surface area contributed by atoms with Crippen molar-refractivity contribution in [3.05, 3.63) is 77.6 Å². The van der Waals surface area contributed by atoms with E-state index in [4.69, 9.17) is 0 Å². The van der Waals surface area contributed by atoms with Gasteiger partial charge >= 0.3 is 6.03 Å². The fourth-order valence-corrected chi connectivity index (χ4v) is 8.49. The summed E-state index contributed by atoms with van der Waals surface area (Å²) < 4.78 is 1.80. The monoisotopic (exact) mass is 763 g/mol. The number of piperidine rings is 2. The highest BCUT2D eigenvalue weighted by Crippen LogP contribution is 2.35. The summed E-state index contributed by atoms with van der Waals surface area (Å²) in [5, 5.41) is 5.21. The summed E-state index contributed by atoms with van der Waals surface area (Å²) in [7, 11) is 1.84. The summed E-state index contributed by atoms with van der Waals surface area (Å²) >= 11 is 0. The molecule has 1 atom stereocenters. The number of imide groups is 2. The Bertz CT molecular complexity index is 2070. The molecule has 1 unspecified atom stereocenters. The normalized spacial score (nSPS) is 20.7. The highest BCUT2D eigenvalue weighted by Gasteiger charge is 2.46. The van der Waals surface area contributed by atoms with Crippen LogP contribution in [0.15, 0.2) is 60.8 Å². The van der Waals surface area contributed by atoms with Crippen molar-refractivity contribution in [2.75, 3.05) is 80.6 Å². The fraction of sp³-hybridized carbons (Fsp3) is 0.425. The zero-order valence-electron chi connectivity index (χ0n) is 31.3. The maximum atomic E-state index is 13.6. The molecule has 5 aliphatic rings. The Morgan fingerprint density at radius 2 is 1.38 bits per heavy atom. The van der Waals surface area contributed by atoms with Gasteiger partial charge in [0.25, 0.3) is 17.7 Å². The average Bonchev–Trinajstić information content (AvgIpc) is 3.77. The molecule has 0 aliphatic carbocycles. The number of nitrogens with zero attached hydrogens (tertiary/aromatic N) is 7. The second kappa shape index (κ2) is 15.2. The van der Waals surface area contributed by atoms with Crippen LogP contribution in [0.3, 0.4) is 0 Å². The largest absolute Gasteiger partial charge is 0.371 e. The molecular weight excluding hydrogens is 718 g/mol. The summed E-state index contributed by atoms with van der Waals surface area (Å²) in [5.41, 5.74) is 3.45. The first-order valence-corrected chi connectivity index (χ1v) is 19.3. The molecule has 2 aromatic carbocycles. The Balaban J connectivity index is 0.795. The molecule has 56 heavy (non-hydrogen) atoms. The molecule has 4 saturated heterocycles. The first kappa shape index (κ1) is 36.8. The zero-order valence-corrected chi connectivity index (χ0v) is 31.3. The van der Waals surface area contributed by atoms with E-state index in [-0.39, 0.29) is 47.7 Å². The van der Waals surface area contributed by atoms with E-state index in [2.05, 4.69) is 15.5 Å². The van der Waals surface area contributed by atoms with Crippen molar-refractivity contribution in [1.82, 2.24) is 29.5 Å². The highest BCUT2D eigenvalue weighted by molar-refractivity contribution is 6.25. The van der Waals surface area contributed by atoms with E-state index in [1.165, 1.54) is 0 Å². The van der Waals surface area contributed by atoms with E-state index in [9.17, 15) is 33.6 Å². The van der Waals surface area contributed by atoms with Gasteiger partial charge in [-0.2, -0.15) is 0 Å². The van der Waals surface area contributed by atoms with Crippen molar-refractivity contribution in [3.63, 3.8) is 0 Å². The van der Waals surface area contributed by atoms with Crippen molar-refractivity contribution in [2.24, 2.45) is 13.0 Å². The van der Waals surface area contributed by atoms with Crippen molar-refractivity contribution < 1.29 is 33.6 Å². The third-order valence-electron chi connectivity index (χ3n) is 11.7. The molecular formula is C40H45N9O7. The molecule has 0 saturated carbocycles. The molecule has 16 nitrogen and oxygen atoms in total. The first-order chi connectivity index (χ1) is 27.1. The molecule has 2 N–H and O–H groups in total. The number of urea groups is 1. The van der Waals surface area contributed by atoms with Crippen LogP contribution in [0.1, 0.15) is 56.9 Å². The van der Waals surface area contributed by atoms with Gasteiger partial charge in [0.1, 0.15) is 11.7 Å². The Hall–Kier alpha value is -6.19. The molecule has 0 radical (unpaired) electrons. The van der Waals surface area contributed by atoms with Crippen molar-refractivity contribution in [2.45, 2.75) is 31.7 Å². The number of aryl methyl sites for hydroxylation is 1. The first-order valence-electron chi connectivity index (χ1n) is 19.3. The summed E-state index contributed by atoms with van der Waals surface area (Å²) in [4.78, 5) is 101.